The standard InChI is InChI=1S/C12H9Br2N3O/c13-7-1-2-10-9(3-7)12(16-6-15-10)17-5-8(14)4-11(17)18/h1-3,6,8H,4-5H2. The lowest BCUT2D eigenvalue weighted by atomic mass is 10.2. The van der Waals surface area contributed by atoms with E-state index in [1.165, 1.54) is 6.33 Å². The number of alkyl halides is 1. The van der Waals surface area contributed by atoms with E-state index in [0.717, 1.165) is 15.4 Å². The molecule has 6 heteroatoms. The molecule has 0 spiro atoms. The maximum absolute atomic E-state index is 11.9. The molecule has 0 bridgehead atoms. The highest BCUT2D eigenvalue weighted by atomic mass is 79.9. The molecule has 0 N–H and O–H groups in total. The summed E-state index contributed by atoms with van der Waals surface area (Å²) in [5.41, 5.74) is 0.842. The quantitative estimate of drug-likeness (QED) is 0.725. The number of aromatic nitrogens is 2. The van der Waals surface area contributed by atoms with E-state index in [2.05, 4.69) is 41.8 Å². The summed E-state index contributed by atoms with van der Waals surface area (Å²) in [6.07, 6.45) is 2.01. The van der Waals surface area contributed by atoms with Gasteiger partial charge in [0.1, 0.15) is 12.1 Å². The summed E-state index contributed by atoms with van der Waals surface area (Å²) in [5, 5.41) is 0.891. The number of nitrogens with zero attached hydrogens (tertiary/aromatic N) is 3. The van der Waals surface area contributed by atoms with Crippen LogP contribution in [-0.2, 0) is 4.79 Å². The Morgan fingerprint density at radius 3 is 2.89 bits per heavy atom. The lowest BCUT2D eigenvalue weighted by Crippen LogP contribution is -2.25. The van der Waals surface area contributed by atoms with Gasteiger partial charge in [-0.25, -0.2) is 9.97 Å². The first-order valence-corrected chi connectivity index (χ1v) is 7.21. The van der Waals surface area contributed by atoms with E-state index in [4.69, 9.17) is 0 Å². The maximum Gasteiger partial charge on any atom is 0.229 e. The predicted octanol–water partition coefficient (Wildman–Crippen LogP) is 2.89. The molecule has 1 aromatic heterocycles. The van der Waals surface area contributed by atoms with E-state index in [0.29, 0.717) is 18.8 Å². The second-order valence-electron chi connectivity index (χ2n) is 4.16. The zero-order valence-corrected chi connectivity index (χ0v) is 12.5. The van der Waals surface area contributed by atoms with Gasteiger partial charge in [0.15, 0.2) is 0 Å². The van der Waals surface area contributed by atoms with Gasteiger partial charge in [-0.1, -0.05) is 31.9 Å². The van der Waals surface area contributed by atoms with Crippen LogP contribution < -0.4 is 4.90 Å². The highest BCUT2D eigenvalue weighted by molar-refractivity contribution is 9.10. The molecule has 0 aliphatic carbocycles. The van der Waals surface area contributed by atoms with Gasteiger partial charge in [-0.2, -0.15) is 0 Å². The highest BCUT2D eigenvalue weighted by Gasteiger charge is 2.30. The Bertz CT molecular complexity index is 632. The molecule has 0 radical (unpaired) electrons. The fourth-order valence-electron chi connectivity index (χ4n) is 2.10. The smallest absolute Gasteiger partial charge is 0.229 e. The molecular weight excluding hydrogens is 362 g/mol. The number of halogens is 2. The number of anilines is 1. The normalized spacial score (nSPS) is 19.8. The summed E-state index contributed by atoms with van der Waals surface area (Å²) in [6, 6.07) is 5.79. The van der Waals surface area contributed by atoms with E-state index in [9.17, 15) is 4.79 Å². The molecule has 92 valence electrons. The number of carbonyl (C=O) groups excluding carboxylic acids is 1. The number of hydrogen-bond acceptors (Lipinski definition) is 3. The molecule has 0 saturated carbocycles. The fraction of sp³-hybridized carbons (Fsp3) is 0.250. The molecule has 1 fully saturated rings. The van der Waals surface area contributed by atoms with Crippen molar-refractivity contribution in [3.63, 3.8) is 0 Å². The summed E-state index contributed by atoms with van der Waals surface area (Å²) in [4.78, 5) is 22.3. The van der Waals surface area contributed by atoms with Crippen molar-refractivity contribution < 1.29 is 4.79 Å². The molecule has 1 amide bonds. The van der Waals surface area contributed by atoms with Crippen molar-refractivity contribution in [2.75, 3.05) is 11.4 Å². The van der Waals surface area contributed by atoms with Gasteiger partial charge in [-0.15, -0.1) is 0 Å². The van der Waals surface area contributed by atoms with Crippen LogP contribution in [0.1, 0.15) is 6.42 Å². The zero-order valence-electron chi connectivity index (χ0n) is 9.31. The van der Waals surface area contributed by atoms with Gasteiger partial charge < -0.3 is 0 Å². The molecule has 1 aliphatic rings. The van der Waals surface area contributed by atoms with E-state index >= 15 is 0 Å². The molecule has 2 heterocycles. The molecule has 2 aromatic rings. The van der Waals surface area contributed by atoms with Crippen molar-refractivity contribution in [3.05, 3.63) is 29.0 Å². The molecule has 1 aliphatic heterocycles. The zero-order chi connectivity index (χ0) is 12.7. The average molecular weight is 371 g/mol. The topological polar surface area (TPSA) is 46.1 Å². The Hall–Kier alpha value is -1.01. The van der Waals surface area contributed by atoms with Crippen molar-refractivity contribution in [2.45, 2.75) is 11.2 Å². The number of benzene rings is 1. The van der Waals surface area contributed by atoms with Gasteiger partial charge in [-0.3, -0.25) is 9.69 Å². The minimum atomic E-state index is 0.0943. The van der Waals surface area contributed by atoms with Crippen LogP contribution in [0.4, 0.5) is 5.82 Å². The monoisotopic (exact) mass is 369 g/mol. The number of rotatable bonds is 1. The Balaban J connectivity index is 2.17. The third kappa shape index (κ3) is 2.03. The van der Waals surface area contributed by atoms with E-state index in [1.54, 1.807) is 4.90 Å². The van der Waals surface area contributed by atoms with E-state index in [1.807, 2.05) is 18.2 Å². The first-order chi connectivity index (χ1) is 8.65. The van der Waals surface area contributed by atoms with Crippen LogP contribution in [-0.4, -0.2) is 27.2 Å². The largest absolute Gasteiger partial charge is 0.295 e. The number of hydrogen-bond donors (Lipinski definition) is 0. The minimum absolute atomic E-state index is 0.0943. The van der Waals surface area contributed by atoms with Gasteiger partial charge in [0.2, 0.25) is 5.91 Å². The molecule has 3 rings (SSSR count). The van der Waals surface area contributed by atoms with Gasteiger partial charge in [0.05, 0.1) is 5.52 Å². The Kier molecular flexibility index (Phi) is 3.07. The SMILES string of the molecule is O=C1CC(Br)CN1c1ncnc2ccc(Br)cc12. The maximum atomic E-state index is 11.9. The van der Waals surface area contributed by atoms with Crippen molar-refractivity contribution >= 4 is 54.5 Å². The predicted molar refractivity (Wildman–Crippen MR) is 76.9 cm³/mol. The van der Waals surface area contributed by atoms with E-state index < -0.39 is 0 Å². The van der Waals surface area contributed by atoms with Crippen LogP contribution in [0.3, 0.4) is 0 Å². The van der Waals surface area contributed by atoms with Gasteiger partial charge in [-0.05, 0) is 18.2 Å². The fourth-order valence-corrected chi connectivity index (χ4v) is 3.03. The van der Waals surface area contributed by atoms with Crippen molar-refractivity contribution in [2.24, 2.45) is 0 Å². The van der Waals surface area contributed by atoms with Gasteiger partial charge >= 0.3 is 0 Å². The lowest BCUT2D eigenvalue weighted by molar-refractivity contribution is -0.117. The van der Waals surface area contributed by atoms with Gasteiger partial charge in [0.25, 0.3) is 0 Å². The molecule has 18 heavy (non-hydrogen) atoms. The first-order valence-electron chi connectivity index (χ1n) is 5.50. The number of amides is 1. The van der Waals surface area contributed by atoms with Crippen LogP contribution in [0.5, 0.6) is 0 Å². The van der Waals surface area contributed by atoms with Crippen LogP contribution in [0, 0.1) is 0 Å². The van der Waals surface area contributed by atoms with Crippen LogP contribution in [0.15, 0.2) is 29.0 Å². The van der Waals surface area contributed by atoms with Crippen LogP contribution in [0.25, 0.3) is 10.9 Å². The summed E-state index contributed by atoms with van der Waals surface area (Å²) < 4.78 is 0.952. The van der Waals surface area contributed by atoms with Crippen molar-refractivity contribution in [1.29, 1.82) is 0 Å². The highest BCUT2D eigenvalue weighted by Crippen LogP contribution is 2.30. The summed E-state index contributed by atoms with van der Waals surface area (Å²) in [7, 11) is 0. The summed E-state index contributed by atoms with van der Waals surface area (Å²) in [6.45, 7) is 0.650. The molecule has 4 nitrogen and oxygen atoms in total. The Labute approximate surface area is 121 Å². The second-order valence-corrected chi connectivity index (χ2v) is 6.38. The third-order valence-electron chi connectivity index (χ3n) is 2.91. The first kappa shape index (κ1) is 12.0. The van der Waals surface area contributed by atoms with Crippen LogP contribution in [0.2, 0.25) is 0 Å². The van der Waals surface area contributed by atoms with Gasteiger partial charge in [0, 0.05) is 27.7 Å². The Morgan fingerprint density at radius 1 is 1.33 bits per heavy atom. The van der Waals surface area contributed by atoms with E-state index in [-0.39, 0.29) is 10.7 Å². The molecule has 1 atom stereocenters. The number of fused-ring (bicyclic) bond motifs is 1. The molecular formula is C12H9Br2N3O. The molecule has 1 unspecified atom stereocenters. The van der Waals surface area contributed by atoms with Crippen molar-refractivity contribution in [3.8, 4) is 0 Å². The van der Waals surface area contributed by atoms with Crippen molar-refractivity contribution in [1.82, 2.24) is 9.97 Å². The summed E-state index contributed by atoms with van der Waals surface area (Å²) >= 11 is 6.91. The lowest BCUT2D eigenvalue weighted by Gasteiger charge is -2.16. The number of carbonyl (C=O) groups is 1. The summed E-state index contributed by atoms with van der Waals surface area (Å²) in [5.74, 6) is 0.783. The second kappa shape index (κ2) is 4.59. The minimum Gasteiger partial charge on any atom is -0.295 e. The third-order valence-corrected chi connectivity index (χ3v) is 4.02. The Morgan fingerprint density at radius 2 is 2.17 bits per heavy atom. The molecule has 1 aromatic carbocycles. The molecule has 1 saturated heterocycles. The van der Waals surface area contributed by atoms with Crippen LogP contribution >= 0.6 is 31.9 Å². The average Bonchev–Trinajstić information content (AvgIpc) is 2.67.